The highest BCUT2D eigenvalue weighted by Gasteiger charge is 2.17. The van der Waals surface area contributed by atoms with Gasteiger partial charge in [-0.3, -0.25) is 4.40 Å². The molecule has 0 radical (unpaired) electrons. The maximum absolute atomic E-state index is 6.21. The largest absolute Gasteiger partial charge is 0.383 e. The van der Waals surface area contributed by atoms with Crippen LogP contribution in [0, 0.1) is 6.92 Å². The number of thiazole rings is 1. The van der Waals surface area contributed by atoms with Crippen LogP contribution in [0.4, 0.5) is 5.82 Å². The fourth-order valence-corrected chi connectivity index (χ4v) is 3.65. The number of aryl methyl sites for hydroxylation is 3. The third-order valence-corrected chi connectivity index (χ3v) is 4.91. The van der Waals surface area contributed by atoms with Gasteiger partial charge >= 0.3 is 0 Å². The molecule has 0 fully saturated rings. The van der Waals surface area contributed by atoms with E-state index in [4.69, 9.17) is 5.73 Å². The first-order chi connectivity index (χ1) is 9.65. The fraction of sp³-hybridized carbons (Fsp3) is 0.312. The molecule has 104 valence electrons. The van der Waals surface area contributed by atoms with Crippen molar-refractivity contribution in [3.63, 3.8) is 0 Å². The molecule has 0 bridgehead atoms. The lowest BCUT2D eigenvalue weighted by Crippen LogP contribution is -1.97. The second-order valence-electron chi connectivity index (χ2n) is 4.98. The lowest BCUT2D eigenvalue weighted by molar-refractivity contribution is 1.13. The Morgan fingerprint density at radius 1 is 1.15 bits per heavy atom. The molecule has 20 heavy (non-hydrogen) atoms. The smallest absolute Gasteiger partial charge is 0.196 e. The van der Waals surface area contributed by atoms with Crippen LogP contribution in [0.1, 0.15) is 30.0 Å². The van der Waals surface area contributed by atoms with Crippen LogP contribution in [-0.4, -0.2) is 9.38 Å². The average molecular weight is 285 g/mol. The van der Waals surface area contributed by atoms with Gasteiger partial charge < -0.3 is 5.73 Å². The van der Waals surface area contributed by atoms with Crippen molar-refractivity contribution >= 4 is 22.1 Å². The summed E-state index contributed by atoms with van der Waals surface area (Å²) in [5.74, 6) is 0.755. The van der Waals surface area contributed by atoms with Gasteiger partial charge in [0, 0.05) is 4.88 Å². The lowest BCUT2D eigenvalue weighted by atomic mass is 10.1. The molecule has 0 unspecified atom stereocenters. The first kappa shape index (κ1) is 13.2. The van der Waals surface area contributed by atoms with Crippen LogP contribution in [0.25, 0.3) is 16.2 Å². The molecule has 3 aromatic rings. The molecule has 0 atom stereocenters. The van der Waals surface area contributed by atoms with Gasteiger partial charge in [-0.2, -0.15) is 0 Å². The van der Waals surface area contributed by atoms with Crippen LogP contribution in [-0.2, 0) is 12.8 Å². The highest BCUT2D eigenvalue weighted by molar-refractivity contribution is 7.17. The number of aromatic nitrogens is 2. The summed E-state index contributed by atoms with van der Waals surface area (Å²) in [7, 11) is 0. The number of rotatable bonds is 3. The zero-order valence-electron chi connectivity index (χ0n) is 12.1. The Kier molecular flexibility index (Phi) is 3.26. The van der Waals surface area contributed by atoms with Crippen molar-refractivity contribution in [1.29, 1.82) is 0 Å². The summed E-state index contributed by atoms with van der Waals surface area (Å²) >= 11 is 1.74. The number of hydrogen-bond donors (Lipinski definition) is 1. The monoisotopic (exact) mass is 285 g/mol. The molecule has 0 saturated heterocycles. The molecule has 3 rings (SSSR count). The SMILES string of the molecule is CCc1ccc(-c2c(CC)sc3nc(C)c(N)n23)cc1. The number of nitrogen functional groups attached to an aromatic ring is 1. The summed E-state index contributed by atoms with van der Waals surface area (Å²) < 4.78 is 2.10. The molecule has 0 saturated carbocycles. The molecule has 2 heterocycles. The molecule has 0 amide bonds. The summed E-state index contributed by atoms with van der Waals surface area (Å²) in [6.07, 6.45) is 2.06. The minimum absolute atomic E-state index is 0.755. The van der Waals surface area contributed by atoms with Gasteiger partial charge in [0.15, 0.2) is 4.96 Å². The Balaban J connectivity index is 2.26. The van der Waals surface area contributed by atoms with Gasteiger partial charge in [-0.25, -0.2) is 4.98 Å². The van der Waals surface area contributed by atoms with E-state index in [-0.39, 0.29) is 0 Å². The molecular formula is C16H19N3S. The Morgan fingerprint density at radius 3 is 2.45 bits per heavy atom. The van der Waals surface area contributed by atoms with Crippen LogP contribution in [0.3, 0.4) is 0 Å². The second-order valence-corrected chi connectivity index (χ2v) is 6.04. The van der Waals surface area contributed by atoms with E-state index in [9.17, 15) is 0 Å². The minimum Gasteiger partial charge on any atom is -0.383 e. The first-order valence-electron chi connectivity index (χ1n) is 7.01. The van der Waals surface area contributed by atoms with Crippen molar-refractivity contribution in [2.75, 3.05) is 5.73 Å². The summed E-state index contributed by atoms with van der Waals surface area (Å²) in [6.45, 7) is 6.31. The van der Waals surface area contributed by atoms with Gasteiger partial charge in [0.25, 0.3) is 0 Å². The third-order valence-electron chi connectivity index (χ3n) is 3.73. The zero-order valence-corrected chi connectivity index (χ0v) is 12.9. The van der Waals surface area contributed by atoms with Crippen LogP contribution < -0.4 is 5.73 Å². The summed E-state index contributed by atoms with van der Waals surface area (Å²) in [4.78, 5) is 6.89. The molecule has 4 heteroatoms. The van der Waals surface area contributed by atoms with Gasteiger partial charge in [0.2, 0.25) is 0 Å². The minimum atomic E-state index is 0.755. The van der Waals surface area contributed by atoms with E-state index in [1.807, 2.05) is 6.92 Å². The number of anilines is 1. The Labute approximate surface area is 123 Å². The van der Waals surface area contributed by atoms with Crippen LogP contribution in [0.2, 0.25) is 0 Å². The number of benzene rings is 1. The third kappa shape index (κ3) is 1.91. The van der Waals surface area contributed by atoms with Crippen molar-refractivity contribution in [3.8, 4) is 11.3 Å². The first-order valence-corrected chi connectivity index (χ1v) is 7.82. The molecule has 3 nitrogen and oxygen atoms in total. The highest BCUT2D eigenvalue weighted by Crippen LogP contribution is 2.35. The van der Waals surface area contributed by atoms with Crippen LogP contribution in [0.15, 0.2) is 24.3 Å². The molecule has 0 aliphatic carbocycles. The van der Waals surface area contributed by atoms with Crippen molar-refractivity contribution in [1.82, 2.24) is 9.38 Å². The van der Waals surface area contributed by atoms with E-state index in [0.29, 0.717) is 0 Å². The molecule has 2 N–H and O–H groups in total. The van der Waals surface area contributed by atoms with Crippen molar-refractivity contribution < 1.29 is 0 Å². The normalized spacial score (nSPS) is 11.3. The average Bonchev–Trinajstić information content (AvgIpc) is 2.96. The van der Waals surface area contributed by atoms with Gasteiger partial charge in [-0.1, -0.05) is 38.1 Å². The summed E-state index contributed by atoms with van der Waals surface area (Å²) in [6, 6.07) is 8.76. The summed E-state index contributed by atoms with van der Waals surface area (Å²) in [5, 5.41) is 0. The Morgan fingerprint density at radius 2 is 1.85 bits per heavy atom. The van der Waals surface area contributed by atoms with E-state index >= 15 is 0 Å². The maximum Gasteiger partial charge on any atom is 0.196 e. The standard InChI is InChI=1S/C16H19N3S/c1-4-11-6-8-12(9-7-11)14-13(5-2)20-16-18-10(3)15(17)19(14)16/h6-9H,4-5,17H2,1-3H3. The zero-order chi connectivity index (χ0) is 14.3. The number of hydrogen-bond acceptors (Lipinski definition) is 3. The predicted molar refractivity (Wildman–Crippen MR) is 86.4 cm³/mol. The van der Waals surface area contributed by atoms with Gasteiger partial charge in [-0.15, -0.1) is 11.3 Å². The maximum atomic E-state index is 6.21. The van der Waals surface area contributed by atoms with E-state index in [1.165, 1.54) is 21.7 Å². The quantitative estimate of drug-likeness (QED) is 0.788. The fourth-order valence-electron chi connectivity index (χ4n) is 2.51. The molecule has 0 aliphatic rings. The molecular weight excluding hydrogens is 266 g/mol. The summed E-state index contributed by atoms with van der Waals surface area (Å²) in [5.41, 5.74) is 10.9. The number of nitrogens with zero attached hydrogens (tertiary/aromatic N) is 2. The Hall–Kier alpha value is -1.81. The van der Waals surface area contributed by atoms with E-state index in [0.717, 1.165) is 29.3 Å². The Bertz CT molecular complexity index is 750. The van der Waals surface area contributed by atoms with Gasteiger partial charge in [0.05, 0.1) is 11.4 Å². The van der Waals surface area contributed by atoms with Crippen LogP contribution in [0.5, 0.6) is 0 Å². The molecule has 2 aromatic heterocycles. The lowest BCUT2D eigenvalue weighted by Gasteiger charge is -2.06. The second kappa shape index (κ2) is 4.94. The van der Waals surface area contributed by atoms with Crippen molar-refractivity contribution in [2.45, 2.75) is 33.6 Å². The van der Waals surface area contributed by atoms with Crippen molar-refractivity contribution in [2.24, 2.45) is 0 Å². The number of imidazole rings is 1. The topological polar surface area (TPSA) is 43.3 Å². The van der Waals surface area contributed by atoms with Gasteiger partial charge in [-0.05, 0) is 30.9 Å². The number of nitrogens with two attached hydrogens (primary N) is 1. The van der Waals surface area contributed by atoms with E-state index in [2.05, 4.69) is 47.5 Å². The number of fused-ring (bicyclic) bond motifs is 1. The molecule has 0 aliphatic heterocycles. The highest BCUT2D eigenvalue weighted by atomic mass is 32.1. The van der Waals surface area contributed by atoms with E-state index in [1.54, 1.807) is 11.3 Å². The van der Waals surface area contributed by atoms with Gasteiger partial charge in [0.1, 0.15) is 5.82 Å². The predicted octanol–water partition coefficient (Wildman–Crippen LogP) is 4.08. The molecule has 1 aromatic carbocycles. The molecule has 0 spiro atoms. The van der Waals surface area contributed by atoms with E-state index < -0.39 is 0 Å². The van der Waals surface area contributed by atoms with Crippen LogP contribution >= 0.6 is 11.3 Å². The van der Waals surface area contributed by atoms with Crippen molar-refractivity contribution in [3.05, 3.63) is 40.4 Å².